The Morgan fingerprint density at radius 3 is 2.21 bits per heavy atom. The van der Waals surface area contributed by atoms with Crippen molar-refractivity contribution in [3.05, 3.63) is 24.3 Å². The van der Waals surface area contributed by atoms with Gasteiger partial charge in [0.05, 0.1) is 6.10 Å². The fourth-order valence-corrected chi connectivity index (χ4v) is 3.75. The monoisotopic (exact) mass is 401 g/mol. The zero-order valence-electron chi connectivity index (χ0n) is 16.7. The molecule has 1 aliphatic rings. The number of aliphatic hydroxyl groups excluding tert-OH is 1. The lowest BCUT2D eigenvalue weighted by molar-refractivity contribution is -0.189. The normalized spacial score (nSPS) is 22.4. The van der Waals surface area contributed by atoms with Crippen molar-refractivity contribution in [1.82, 2.24) is 0 Å². The summed E-state index contributed by atoms with van der Waals surface area (Å²) in [6.07, 6.45) is -2.71. The largest absolute Gasteiger partial charge is 0.481 e. The number of ether oxygens (including phenoxy) is 1. The molecular weight excluding hydrogens is 371 g/mol. The molecule has 1 aromatic carbocycles. The van der Waals surface area contributed by atoms with Gasteiger partial charge in [0.25, 0.3) is 0 Å². The molecule has 1 N–H and O–H groups in total. The number of anilines is 1. The smallest absolute Gasteiger partial charge is 0.425 e. The Kier molecular flexibility index (Phi) is 7.75. The first kappa shape index (κ1) is 22.5. The van der Waals surface area contributed by atoms with Gasteiger partial charge in [0.2, 0.25) is 5.91 Å². The van der Waals surface area contributed by atoms with Crippen molar-refractivity contribution in [2.24, 2.45) is 11.8 Å². The van der Waals surface area contributed by atoms with Gasteiger partial charge in [-0.25, -0.2) is 0 Å². The maximum absolute atomic E-state index is 13.0. The van der Waals surface area contributed by atoms with Gasteiger partial charge in [0.15, 0.2) is 6.10 Å². The summed E-state index contributed by atoms with van der Waals surface area (Å²) in [5.74, 6) is 0.327. The summed E-state index contributed by atoms with van der Waals surface area (Å²) in [7, 11) is 0. The molecule has 1 saturated carbocycles. The molecule has 7 heteroatoms. The molecule has 1 amide bonds. The number of halogens is 3. The molecule has 1 unspecified atom stereocenters. The highest BCUT2D eigenvalue weighted by Crippen LogP contribution is 2.34. The van der Waals surface area contributed by atoms with Gasteiger partial charge in [0.1, 0.15) is 5.75 Å². The van der Waals surface area contributed by atoms with Crippen molar-refractivity contribution in [2.45, 2.75) is 71.3 Å². The van der Waals surface area contributed by atoms with Crippen LogP contribution >= 0.6 is 0 Å². The Hall–Kier alpha value is -1.76. The van der Waals surface area contributed by atoms with E-state index in [0.717, 1.165) is 39.0 Å². The molecule has 1 aliphatic carbocycles. The van der Waals surface area contributed by atoms with Crippen LogP contribution in [0, 0.1) is 11.8 Å². The highest BCUT2D eigenvalue weighted by molar-refractivity contribution is 5.95. The Balaban J connectivity index is 2.00. The third-order valence-electron chi connectivity index (χ3n) is 5.59. The van der Waals surface area contributed by atoms with Crippen molar-refractivity contribution in [2.75, 3.05) is 11.4 Å². The lowest BCUT2D eigenvalue weighted by Crippen LogP contribution is -2.38. The first-order valence-electron chi connectivity index (χ1n) is 10.00. The zero-order chi connectivity index (χ0) is 20.9. The highest BCUT2D eigenvalue weighted by atomic mass is 19.4. The van der Waals surface area contributed by atoms with E-state index >= 15 is 0 Å². The van der Waals surface area contributed by atoms with Crippen LogP contribution < -0.4 is 9.64 Å². The summed E-state index contributed by atoms with van der Waals surface area (Å²) in [5, 5.41) is 10.0. The van der Waals surface area contributed by atoms with Crippen molar-refractivity contribution < 1.29 is 27.8 Å². The average molecular weight is 401 g/mol. The third kappa shape index (κ3) is 5.63. The lowest BCUT2D eigenvalue weighted by Gasteiger charge is -2.33. The molecular formula is C21H30F3NO3. The molecule has 2 rings (SSSR count). The van der Waals surface area contributed by atoms with Gasteiger partial charge in [-0.2, -0.15) is 13.2 Å². The van der Waals surface area contributed by atoms with Crippen LogP contribution in [0.5, 0.6) is 5.75 Å². The Bertz CT molecular complexity index is 625. The van der Waals surface area contributed by atoms with E-state index in [9.17, 15) is 23.1 Å². The van der Waals surface area contributed by atoms with Gasteiger partial charge in [-0.3, -0.25) is 4.79 Å². The van der Waals surface area contributed by atoms with Crippen LogP contribution in [0.1, 0.15) is 52.9 Å². The van der Waals surface area contributed by atoms with Gasteiger partial charge in [-0.15, -0.1) is 0 Å². The summed E-state index contributed by atoms with van der Waals surface area (Å²) < 4.78 is 42.8. The summed E-state index contributed by atoms with van der Waals surface area (Å²) in [6, 6.07) is 6.16. The van der Waals surface area contributed by atoms with E-state index in [-0.39, 0.29) is 29.6 Å². The van der Waals surface area contributed by atoms with E-state index in [1.54, 1.807) is 17.0 Å². The second kappa shape index (κ2) is 9.63. The zero-order valence-corrected chi connectivity index (χ0v) is 16.7. The topological polar surface area (TPSA) is 49.8 Å². The number of amides is 1. The van der Waals surface area contributed by atoms with Crippen molar-refractivity contribution in [1.29, 1.82) is 0 Å². The summed E-state index contributed by atoms with van der Waals surface area (Å²) in [5.41, 5.74) is 0.648. The van der Waals surface area contributed by atoms with E-state index in [2.05, 4.69) is 0 Å². The van der Waals surface area contributed by atoms with Crippen LogP contribution in [0.4, 0.5) is 18.9 Å². The molecule has 158 valence electrons. The van der Waals surface area contributed by atoms with E-state index in [0.29, 0.717) is 12.2 Å². The number of aliphatic hydroxyl groups is 1. The first-order chi connectivity index (χ1) is 13.2. The van der Waals surface area contributed by atoms with Crippen molar-refractivity contribution in [3.63, 3.8) is 0 Å². The van der Waals surface area contributed by atoms with E-state index < -0.39 is 12.3 Å². The molecule has 28 heavy (non-hydrogen) atoms. The second-order valence-corrected chi connectivity index (χ2v) is 7.47. The number of hydrogen-bond donors (Lipinski definition) is 1. The van der Waals surface area contributed by atoms with Crippen LogP contribution in [-0.2, 0) is 4.79 Å². The minimum Gasteiger partial charge on any atom is -0.481 e. The van der Waals surface area contributed by atoms with Crippen LogP contribution in [0.2, 0.25) is 0 Å². The molecule has 0 saturated heterocycles. The molecule has 0 aromatic heterocycles. The number of carbonyl (C=O) groups is 1. The summed E-state index contributed by atoms with van der Waals surface area (Å²) >= 11 is 0. The van der Waals surface area contributed by atoms with Crippen LogP contribution in [0.3, 0.4) is 0 Å². The lowest BCUT2D eigenvalue weighted by atomic mass is 9.78. The first-order valence-corrected chi connectivity index (χ1v) is 10.00. The number of benzene rings is 1. The molecule has 4 nitrogen and oxygen atoms in total. The molecule has 0 aliphatic heterocycles. The number of nitrogens with zero attached hydrogens (tertiary/aromatic N) is 1. The third-order valence-corrected chi connectivity index (χ3v) is 5.59. The van der Waals surface area contributed by atoms with Crippen LogP contribution in [0.15, 0.2) is 24.3 Å². The Morgan fingerprint density at radius 2 is 1.75 bits per heavy atom. The number of rotatable bonds is 7. The molecule has 2 atom stereocenters. The molecule has 0 radical (unpaired) electrons. The predicted octanol–water partition coefficient (Wildman–Crippen LogP) is 4.95. The Morgan fingerprint density at radius 1 is 1.18 bits per heavy atom. The molecule has 1 aromatic rings. The van der Waals surface area contributed by atoms with Crippen molar-refractivity contribution in [3.8, 4) is 5.75 Å². The highest BCUT2D eigenvalue weighted by Gasteiger charge is 2.38. The molecule has 0 spiro atoms. The molecule has 0 bridgehead atoms. The second-order valence-electron chi connectivity index (χ2n) is 7.47. The van der Waals surface area contributed by atoms with Gasteiger partial charge >= 0.3 is 6.18 Å². The van der Waals surface area contributed by atoms with Crippen molar-refractivity contribution >= 4 is 11.6 Å². The maximum Gasteiger partial charge on any atom is 0.425 e. The average Bonchev–Trinajstić information content (AvgIpc) is 2.68. The van der Waals surface area contributed by atoms with Gasteiger partial charge in [-0.05, 0) is 76.1 Å². The minimum absolute atomic E-state index is 0.0317. The fraction of sp³-hybridized carbons (Fsp3) is 0.667. The minimum atomic E-state index is -4.42. The number of carbonyl (C=O) groups excluding carboxylic acids is 1. The summed E-state index contributed by atoms with van der Waals surface area (Å²) in [6.45, 7) is 5.28. The van der Waals surface area contributed by atoms with E-state index in [1.807, 2.05) is 13.8 Å². The van der Waals surface area contributed by atoms with Gasteiger partial charge in [-0.1, -0.05) is 6.92 Å². The summed E-state index contributed by atoms with van der Waals surface area (Å²) in [4.78, 5) is 14.6. The van der Waals surface area contributed by atoms with Gasteiger partial charge < -0.3 is 14.7 Å². The quantitative estimate of drug-likeness (QED) is 0.704. The maximum atomic E-state index is 13.0. The van der Waals surface area contributed by atoms with Gasteiger partial charge in [0, 0.05) is 18.2 Å². The van der Waals surface area contributed by atoms with Crippen LogP contribution in [-0.4, -0.2) is 35.9 Å². The van der Waals surface area contributed by atoms with E-state index in [4.69, 9.17) is 4.74 Å². The fourth-order valence-electron chi connectivity index (χ4n) is 3.75. The molecule has 1 fully saturated rings. The standard InChI is InChI=1S/C21H30F3NO3/c1-4-19(26)15-6-8-16(9-7-15)20(27)25(5-2)17-10-12-18(13-11-17)28-14(3)21(22,23)24/h10-16,19,26H,4-9H2,1-3H3/t14-,15?,16?,19?/m1/s1. The predicted molar refractivity (Wildman–Crippen MR) is 102 cm³/mol. The Labute approximate surface area is 164 Å². The molecule has 0 heterocycles. The number of hydrogen-bond acceptors (Lipinski definition) is 3. The van der Waals surface area contributed by atoms with Crippen LogP contribution in [0.25, 0.3) is 0 Å². The SMILES string of the molecule is CCC(O)C1CCC(C(=O)N(CC)c2ccc(O[C@H](C)C(F)(F)F)cc2)CC1. The number of alkyl halides is 3. The van der Waals surface area contributed by atoms with E-state index in [1.165, 1.54) is 12.1 Å².